The maximum absolute atomic E-state index is 13.3. The molecule has 0 radical (unpaired) electrons. The van der Waals surface area contributed by atoms with Crippen LogP contribution in [0.25, 0.3) is 0 Å². The number of nitro groups is 1. The molecule has 0 aliphatic rings. The van der Waals surface area contributed by atoms with Crippen molar-refractivity contribution in [2.24, 2.45) is 0 Å². The van der Waals surface area contributed by atoms with Crippen LogP contribution in [0.1, 0.15) is 11.1 Å². The number of non-ortho nitro benzene ring substituents is 1. The van der Waals surface area contributed by atoms with Gasteiger partial charge in [-0.15, -0.1) is 11.8 Å². The highest BCUT2D eigenvalue weighted by Gasteiger charge is 2.10. The summed E-state index contributed by atoms with van der Waals surface area (Å²) in [6.45, 7) is 1.95. The third kappa shape index (κ3) is 3.48. The Morgan fingerprint density at radius 2 is 2.05 bits per heavy atom. The molecule has 4 nitrogen and oxygen atoms in total. The number of aryl methyl sites for hydroxylation is 1. The van der Waals surface area contributed by atoms with Crippen LogP contribution in [-0.4, -0.2) is 4.92 Å². The third-order valence-electron chi connectivity index (χ3n) is 2.71. The van der Waals surface area contributed by atoms with Crippen LogP contribution in [0.5, 0.6) is 0 Å². The number of rotatable bonds is 4. The van der Waals surface area contributed by atoms with Crippen LogP contribution in [0.2, 0.25) is 0 Å². The van der Waals surface area contributed by atoms with Gasteiger partial charge in [-0.05, 0) is 36.2 Å². The van der Waals surface area contributed by atoms with Gasteiger partial charge >= 0.3 is 0 Å². The molecule has 6 heteroatoms. The molecule has 2 aromatic carbocycles. The van der Waals surface area contributed by atoms with Crippen LogP contribution in [0, 0.1) is 22.9 Å². The summed E-state index contributed by atoms with van der Waals surface area (Å²) in [4.78, 5) is 11.0. The summed E-state index contributed by atoms with van der Waals surface area (Å²) >= 11 is 1.42. The summed E-state index contributed by atoms with van der Waals surface area (Å²) in [5.74, 6) is -0.182. The Morgan fingerprint density at radius 3 is 2.70 bits per heavy atom. The average Bonchev–Trinajstić information content (AvgIpc) is 2.37. The Hall–Kier alpha value is -2.08. The Balaban J connectivity index is 2.16. The molecule has 0 atom stereocenters. The minimum absolute atomic E-state index is 0.238. The normalized spacial score (nSPS) is 10.5. The Morgan fingerprint density at radius 1 is 1.30 bits per heavy atom. The van der Waals surface area contributed by atoms with Gasteiger partial charge in [0.2, 0.25) is 0 Å². The van der Waals surface area contributed by atoms with E-state index in [1.165, 1.54) is 23.9 Å². The summed E-state index contributed by atoms with van der Waals surface area (Å²) in [7, 11) is 0. The number of hydrogen-bond acceptors (Lipinski definition) is 4. The molecule has 0 aliphatic carbocycles. The monoisotopic (exact) mass is 292 g/mol. The van der Waals surface area contributed by atoms with Gasteiger partial charge in [0.15, 0.2) is 0 Å². The average molecular weight is 292 g/mol. The van der Waals surface area contributed by atoms with E-state index in [4.69, 9.17) is 5.73 Å². The molecule has 0 aromatic heterocycles. The topological polar surface area (TPSA) is 69.2 Å². The first-order chi connectivity index (χ1) is 9.45. The van der Waals surface area contributed by atoms with E-state index in [0.717, 1.165) is 16.5 Å². The summed E-state index contributed by atoms with van der Waals surface area (Å²) in [5.41, 5.74) is 7.93. The fourth-order valence-corrected chi connectivity index (χ4v) is 2.66. The fraction of sp³-hybridized carbons (Fsp3) is 0.143. The number of thioether (sulfide) groups is 1. The van der Waals surface area contributed by atoms with E-state index in [0.29, 0.717) is 17.0 Å². The quantitative estimate of drug-likeness (QED) is 0.401. The van der Waals surface area contributed by atoms with Crippen molar-refractivity contribution < 1.29 is 9.31 Å². The summed E-state index contributed by atoms with van der Waals surface area (Å²) < 4.78 is 13.3. The summed E-state index contributed by atoms with van der Waals surface area (Å²) in [6.07, 6.45) is 0. The number of halogens is 1. The second-order valence-electron chi connectivity index (χ2n) is 4.40. The van der Waals surface area contributed by atoms with Crippen LogP contribution in [0.3, 0.4) is 0 Å². The third-order valence-corrected chi connectivity index (χ3v) is 3.87. The molecule has 0 saturated carbocycles. The molecular weight excluding hydrogens is 279 g/mol. The van der Waals surface area contributed by atoms with Gasteiger partial charge in [-0.1, -0.05) is 6.07 Å². The van der Waals surface area contributed by atoms with Gasteiger partial charge in [-0.25, -0.2) is 4.39 Å². The number of anilines is 1. The lowest BCUT2D eigenvalue weighted by Crippen LogP contribution is -1.93. The van der Waals surface area contributed by atoms with Crippen molar-refractivity contribution in [2.45, 2.75) is 17.6 Å². The van der Waals surface area contributed by atoms with E-state index in [1.807, 2.05) is 25.1 Å². The number of nitro benzene ring substituents is 1. The van der Waals surface area contributed by atoms with Crippen molar-refractivity contribution in [1.29, 1.82) is 0 Å². The SMILES string of the molecule is Cc1ccc(SCc2cc(F)cc([N+](=O)[O-])c2)c(N)c1. The molecule has 0 spiro atoms. The van der Waals surface area contributed by atoms with E-state index in [9.17, 15) is 14.5 Å². The zero-order valence-electron chi connectivity index (χ0n) is 10.8. The standard InChI is InChI=1S/C14H13FN2O2S/c1-9-2-3-14(13(16)4-9)20-8-10-5-11(15)7-12(6-10)17(18)19/h2-7H,8,16H2,1H3. The van der Waals surface area contributed by atoms with Crippen LogP contribution >= 0.6 is 11.8 Å². The first-order valence-electron chi connectivity index (χ1n) is 5.88. The Bertz CT molecular complexity index is 662. The molecule has 2 aromatic rings. The molecule has 2 rings (SSSR count). The number of nitrogens with two attached hydrogens (primary N) is 1. The molecule has 0 aliphatic heterocycles. The van der Waals surface area contributed by atoms with Gasteiger partial charge in [-0.3, -0.25) is 10.1 Å². The van der Waals surface area contributed by atoms with Gasteiger partial charge < -0.3 is 5.73 Å². The van der Waals surface area contributed by atoms with Gasteiger partial charge in [0.25, 0.3) is 5.69 Å². The largest absolute Gasteiger partial charge is 0.398 e. The first-order valence-corrected chi connectivity index (χ1v) is 6.87. The van der Waals surface area contributed by atoms with Crippen LogP contribution in [0.4, 0.5) is 15.8 Å². The molecule has 0 bridgehead atoms. The lowest BCUT2D eigenvalue weighted by molar-refractivity contribution is -0.385. The van der Waals surface area contributed by atoms with Crippen molar-refractivity contribution in [3.05, 3.63) is 63.5 Å². The van der Waals surface area contributed by atoms with Crippen molar-refractivity contribution in [3.63, 3.8) is 0 Å². The Labute approximate surface area is 119 Å². The van der Waals surface area contributed by atoms with E-state index in [-0.39, 0.29) is 5.69 Å². The summed E-state index contributed by atoms with van der Waals surface area (Å²) in [6, 6.07) is 9.27. The molecule has 0 unspecified atom stereocenters. The first kappa shape index (κ1) is 14.3. The zero-order chi connectivity index (χ0) is 14.7. The van der Waals surface area contributed by atoms with E-state index >= 15 is 0 Å². The Kier molecular flexibility index (Phi) is 4.24. The molecule has 0 heterocycles. The fourth-order valence-electron chi connectivity index (χ4n) is 1.78. The highest BCUT2D eigenvalue weighted by Crippen LogP contribution is 2.30. The number of nitrogens with zero attached hydrogens (tertiary/aromatic N) is 1. The van der Waals surface area contributed by atoms with Crippen LogP contribution < -0.4 is 5.73 Å². The van der Waals surface area contributed by atoms with E-state index in [1.54, 1.807) is 0 Å². The van der Waals surface area contributed by atoms with Crippen molar-refractivity contribution in [2.75, 3.05) is 5.73 Å². The predicted molar refractivity (Wildman–Crippen MR) is 78.2 cm³/mol. The zero-order valence-corrected chi connectivity index (χ0v) is 11.6. The van der Waals surface area contributed by atoms with Gasteiger partial charge in [0.05, 0.1) is 11.0 Å². The minimum atomic E-state index is -0.605. The molecule has 0 saturated heterocycles. The molecule has 0 fully saturated rings. The second-order valence-corrected chi connectivity index (χ2v) is 5.42. The molecule has 2 N–H and O–H groups in total. The maximum atomic E-state index is 13.3. The predicted octanol–water partition coefficient (Wildman–Crippen LogP) is 3.92. The minimum Gasteiger partial charge on any atom is -0.398 e. The lowest BCUT2D eigenvalue weighted by Gasteiger charge is -2.06. The van der Waals surface area contributed by atoms with Gasteiger partial charge in [-0.2, -0.15) is 0 Å². The van der Waals surface area contributed by atoms with Crippen LogP contribution in [-0.2, 0) is 5.75 Å². The highest BCUT2D eigenvalue weighted by molar-refractivity contribution is 7.98. The van der Waals surface area contributed by atoms with Gasteiger partial charge in [0, 0.05) is 22.4 Å². The van der Waals surface area contributed by atoms with Crippen molar-refractivity contribution in [1.82, 2.24) is 0 Å². The van der Waals surface area contributed by atoms with E-state index in [2.05, 4.69) is 0 Å². The number of hydrogen-bond donors (Lipinski definition) is 1. The van der Waals surface area contributed by atoms with Crippen LogP contribution in [0.15, 0.2) is 41.3 Å². The molecular formula is C14H13FN2O2S. The van der Waals surface area contributed by atoms with Gasteiger partial charge in [0.1, 0.15) is 5.82 Å². The van der Waals surface area contributed by atoms with E-state index < -0.39 is 10.7 Å². The summed E-state index contributed by atoms with van der Waals surface area (Å²) in [5, 5.41) is 10.7. The molecule has 104 valence electrons. The van der Waals surface area contributed by atoms with Crippen molar-refractivity contribution in [3.8, 4) is 0 Å². The second kappa shape index (κ2) is 5.92. The molecule has 20 heavy (non-hydrogen) atoms. The van der Waals surface area contributed by atoms with Crippen molar-refractivity contribution >= 4 is 23.1 Å². The molecule has 0 amide bonds. The number of nitrogen functional groups attached to an aromatic ring is 1. The smallest absolute Gasteiger partial charge is 0.272 e. The number of benzene rings is 2. The maximum Gasteiger partial charge on any atom is 0.272 e. The lowest BCUT2D eigenvalue weighted by atomic mass is 10.2. The highest BCUT2D eigenvalue weighted by atomic mass is 32.2.